The van der Waals surface area contributed by atoms with Gasteiger partial charge in [-0.05, 0) is 12.1 Å². The highest BCUT2D eigenvalue weighted by Crippen LogP contribution is 2.14. The average molecular weight is 247 g/mol. The number of ether oxygens (including phenoxy) is 1. The number of hydrogen-bond donors (Lipinski definition) is 0. The van der Waals surface area contributed by atoms with Crippen molar-refractivity contribution in [3.8, 4) is 5.75 Å². The van der Waals surface area contributed by atoms with Crippen LogP contribution >= 0.6 is 0 Å². The Bertz CT molecular complexity index is 507. The van der Waals surface area contributed by atoms with E-state index >= 15 is 0 Å². The second kappa shape index (κ2) is 4.79. The fraction of sp³-hybridized carbons (Fsp3) is 0.167. The number of benzene rings is 1. The first-order valence-corrected chi connectivity index (χ1v) is 5.26. The standard InChI is InChI=1S/C12H9NO5/c14-9-6-7-10(15)13(9)11(16)12(17)18-8-4-2-1-3-5-8/h1-5H,6-7H2. The zero-order valence-corrected chi connectivity index (χ0v) is 9.29. The van der Waals surface area contributed by atoms with E-state index in [4.69, 9.17) is 4.74 Å². The SMILES string of the molecule is O=C(Oc1ccccc1)C(=O)N1C(=O)CCC1=O. The van der Waals surface area contributed by atoms with Crippen molar-refractivity contribution in [3.63, 3.8) is 0 Å². The smallest absolute Gasteiger partial charge is 0.403 e. The summed E-state index contributed by atoms with van der Waals surface area (Å²) in [5.41, 5.74) is 0. The fourth-order valence-corrected chi connectivity index (χ4v) is 1.53. The average Bonchev–Trinajstić information content (AvgIpc) is 2.69. The second-order valence-corrected chi connectivity index (χ2v) is 3.63. The van der Waals surface area contributed by atoms with Gasteiger partial charge in [0, 0.05) is 12.8 Å². The van der Waals surface area contributed by atoms with Gasteiger partial charge in [-0.15, -0.1) is 0 Å². The van der Waals surface area contributed by atoms with Gasteiger partial charge < -0.3 is 4.74 Å². The highest BCUT2D eigenvalue weighted by atomic mass is 16.5. The van der Waals surface area contributed by atoms with Crippen LogP contribution in [0.2, 0.25) is 0 Å². The van der Waals surface area contributed by atoms with Gasteiger partial charge in [0.1, 0.15) is 5.75 Å². The normalized spacial score (nSPS) is 14.8. The van der Waals surface area contributed by atoms with Crippen LogP contribution in [0.1, 0.15) is 12.8 Å². The van der Waals surface area contributed by atoms with Gasteiger partial charge in [-0.1, -0.05) is 18.2 Å². The van der Waals surface area contributed by atoms with Gasteiger partial charge in [0.25, 0.3) is 0 Å². The molecule has 0 radical (unpaired) electrons. The Balaban J connectivity index is 2.08. The number of nitrogens with zero attached hydrogens (tertiary/aromatic N) is 1. The van der Waals surface area contributed by atoms with Crippen LogP contribution in [-0.2, 0) is 19.2 Å². The molecule has 1 fully saturated rings. The van der Waals surface area contributed by atoms with Crippen LogP contribution in [0.3, 0.4) is 0 Å². The maximum Gasteiger partial charge on any atom is 0.403 e. The number of imide groups is 3. The van der Waals surface area contributed by atoms with Crippen LogP contribution in [0.4, 0.5) is 0 Å². The Morgan fingerprint density at radius 1 is 1.00 bits per heavy atom. The Kier molecular flexibility index (Phi) is 3.18. The lowest BCUT2D eigenvalue weighted by atomic mass is 10.3. The first-order chi connectivity index (χ1) is 8.59. The van der Waals surface area contributed by atoms with E-state index in [1.807, 2.05) is 0 Å². The van der Waals surface area contributed by atoms with Gasteiger partial charge >= 0.3 is 11.9 Å². The monoisotopic (exact) mass is 247 g/mol. The summed E-state index contributed by atoms with van der Waals surface area (Å²) in [5.74, 6) is -3.66. The largest absolute Gasteiger partial charge is 0.419 e. The maximum absolute atomic E-state index is 11.6. The first kappa shape index (κ1) is 12.0. The molecule has 1 aromatic carbocycles. The number of likely N-dealkylation sites (tertiary alicyclic amines) is 1. The molecule has 0 aliphatic carbocycles. The Morgan fingerprint density at radius 2 is 1.56 bits per heavy atom. The molecule has 6 heteroatoms. The lowest BCUT2D eigenvalue weighted by Crippen LogP contribution is -2.42. The number of esters is 1. The molecule has 2 rings (SSSR count). The van der Waals surface area contributed by atoms with Crippen molar-refractivity contribution >= 4 is 23.7 Å². The van der Waals surface area contributed by atoms with Crippen molar-refractivity contribution in [1.82, 2.24) is 4.90 Å². The molecule has 3 amide bonds. The Morgan fingerprint density at radius 3 is 2.11 bits per heavy atom. The summed E-state index contributed by atoms with van der Waals surface area (Å²) in [6.45, 7) is 0. The van der Waals surface area contributed by atoms with Crippen molar-refractivity contribution in [2.24, 2.45) is 0 Å². The predicted octanol–water partition coefficient (Wildman–Crippen LogP) is 0.268. The molecule has 18 heavy (non-hydrogen) atoms. The van der Waals surface area contributed by atoms with Crippen molar-refractivity contribution < 1.29 is 23.9 Å². The first-order valence-electron chi connectivity index (χ1n) is 5.26. The van der Waals surface area contributed by atoms with E-state index in [9.17, 15) is 19.2 Å². The molecule has 0 saturated carbocycles. The molecule has 0 aromatic heterocycles. The molecule has 0 spiro atoms. The van der Waals surface area contributed by atoms with Crippen molar-refractivity contribution in [2.75, 3.05) is 0 Å². The third-order valence-corrected chi connectivity index (χ3v) is 2.38. The van der Waals surface area contributed by atoms with Gasteiger partial charge in [-0.2, -0.15) is 0 Å². The van der Waals surface area contributed by atoms with E-state index in [1.165, 1.54) is 12.1 Å². The van der Waals surface area contributed by atoms with Crippen LogP contribution in [0.25, 0.3) is 0 Å². The molecule has 0 unspecified atom stereocenters. The van der Waals surface area contributed by atoms with Crippen LogP contribution in [0.15, 0.2) is 30.3 Å². The molecule has 0 bridgehead atoms. The van der Waals surface area contributed by atoms with Crippen molar-refractivity contribution in [3.05, 3.63) is 30.3 Å². The third-order valence-electron chi connectivity index (χ3n) is 2.38. The minimum absolute atomic E-state index is 0.0524. The van der Waals surface area contributed by atoms with E-state index in [0.29, 0.717) is 4.90 Å². The molecule has 1 saturated heterocycles. The van der Waals surface area contributed by atoms with Crippen LogP contribution in [0.5, 0.6) is 5.75 Å². The van der Waals surface area contributed by atoms with E-state index in [-0.39, 0.29) is 18.6 Å². The number of carbonyl (C=O) groups is 4. The molecule has 0 atom stereocenters. The number of carbonyl (C=O) groups excluding carboxylic acids is 4. The highest BCUT2D eigenvalue weighted by Gasteiger charge is 2.38. The minimum atomic E-state index is -1.25. The molecule has 1 aromatic rings. The fourth-order valence-electron chi connectivity index (χ4n) is 1.53. The number of rotatable bonds is 1. The summed E-state index contributed by atoms with van der Waals surface area (Å²) in [5, 5.41) is 0. The summed E-state index contributed by atoms with van der Waals surface area (Å²) in [6.07, 6.45) is -0.105. The summed E-state index contributed by atoms with van der Waals surface area (Å²) in [6, 6.07) is 7.93. The van der Waals surface area contributed by atoms with Crippen molar-refractivity contribution in [1.29, 1.82) is 0 Å². The molecular weight excluding hydrogens is 238 g/mol. The molecule has 0 N–H and O–H groups in total. The number of amides is 3. The van der Waals surface area contributed by atoms with Gasteiger partial charge in [0.2, 0.25) is 11.8 Å². The Labute approximate surface area is 102 Å². The topological polar surface area (TPSA) is 80.8 Å². The van der Waals surface area contributed by atoms with Gasteiger partial charge in [0.15, 0.2) is 0 Å². The summed E-state index contributed by atoms with van der Waals surface area (Å²) in [4.78, 5) is 45.9. The van der Waals surface area contributed by atoms with Crippen molar-refractivity contribution in [2.45, 2.75) is 12.8 Å². The predicted molar refractivity (Wildman–Crippen MR) is 58.2 cm³/mol. The van der Waals surface area contributed by atoms with Crippen LogP contribution in [0, 0.1) is 0 Å². The molecule has 1 aliphatic rings. The minimum Gasteiger partial charge on any atom is -0.419 e. The summed E-state index contributed by atoms with van der Waals surface area (Å²) >= 11 is 0. The number of hydrogen-bond acceptors (Lipinski definition) is 5. The number of para-hydroxylation sites is 1. The Hall–Kier alpha value is -2.50. The summed E-state index contributed by atoms with van der Waals surface area (Å²) < 4.78 is 4.75. The summed E-state index contributed by atoms with van der Waals surface area (Å²) in [7, 11) is 0. The second-order valence-electron chi connectivity index (χ2n) is 3.63. The lowest BCUT2D eigenvalue weighted by Gasteiger charge is -2.10. The van der Waals surface area contributed by atoms with E-state index < -0.39 is 23.7 Å². The van der Waals surface area contributed by atoms with E-state index in [1.54, 1.807) is 18.2 Å². The van der Waals surface area contributed by atoms with Gasteiger partial charge in [-0.3, -0.25) is 14.4 Å². The zero-order chi connectivity index (χ0) is 13.1. The van der Waals surface area contributed by atoms with Gasteiger partial charge in [0.05, 0.1) is 0 Å². The van der Waals surface area contributed by atoms with Gasteiger partial charge in [-0.25, -0.2) is 9.69 Å². The molecule has 6 nitrogen and oxygen atoms in total. The van der Waals surface area contributed by atoms with Crippen LogP contribution < -0.4 is 4.74 Å². The zero-order valence-electron chi connectivity index (χ0n) is 9.29. The van der Waals surface area contributed by atoms with Crippen LogP contribution in [-0.4, -0.2) is 28.6 Å². The molecule has 1 aliphatic heterocycles. The maximum atomic E-state index is 11.6. The van der Waals surface area contributed by atoms with E-state index in [0.717, 1.165) is 0 Å². The molecular formula is C12H9NO5. The molecule has 92 valence electrons. The van der Waals surface area contributed by atoms with E-state index in [2.05, 4.69) is 0 Å². The quantitative estimate of drug-likeness (QED) is 0.308. The third kappa shape index (κ3) is 2.27. The molecule has 1 heterocycles. The lowest BCUT2D eigenvalue weighted by molar-refractivity contribution is -0.160. The highest BCUT2D eigenvalue weighted by molar-refractivity contribution is 6.40.